The molecule has 30 heavy (non-hydrogen) atoms. The fraction of sp³-hybridized carbons (Fsp3) is 0.385. The molecule has 2 aromatic rings. The molecule has 4 heteroatoms. The second-order valence-electron chi connectivity index (χ2n) is 7.33. The third-order valence-electron chi connectivity index (χ3n) is 4.85. The highest BCUT2D eigenvalue weighted by atomic mass is 127. The van der Waals surface area contributed by atoms with Crippen LogP contribution in [-0.2, 0) is 22.7 Å². The van der Waals surface area contributed by atoms with Gasteiger partial charge in [-0.05, 0) is 69.1 Å². The Bertz CT molecular complexity index is 730. The van der Waals surface area contributed by atoms with Crippen molar-refractivity contribution < 1.29 is 14.6 Å². The monoisotopic (exact) mass is 520 g/mol. The highest BCUT2D eigenvalue weighted by Crippen LogP contribution is 2.21. The van der Waals surface area contributed by atoms with Gasteiger partial charge in [-0.1, -0.05) is 66.7 Å². The normalized spacial score (nSPS) is 13.7. The van der Waals surface area contributed by atoms with Gasteiger partial charge in [0.05, 0.1) is 19.3 Å². The number of aliphatic hydroxyl groups is 1. The summed E-state index contributed by atoms with van der Waals surface area (Å²) in [5.74, 6) is 0.0458. The average Bonchev–Trinajstić information content (AvgIpc) is 2.77. The van der Waals surface area contributed by atoms with Crippen molar-refractivity contribution in [1.29, 1.82) is 0 Å². The number of ether oxygens (including phenoxy) is 2. The van der Waals surface area contributed by atoms with Crippen LogP contribution in [0.3, 0.4) is 0 Å². The van der Waals surface area contributed by atoms with Crippen molar-refractivity contribution in [2.75, 3.05) is 13.2 Å². The molecular weight excluding hydrogens is 487 g/mol. The van der Waals surface area contributed by atoms with Crippen LogP contribution in [0.1, 0.15) is 36.8 Å². The summed E-state index contributed by atoms with van der Waals surface area (Å²) >= 11 is 2.31. The van der Waals surface area contributed by atoms with Gasteiger partial charge < -0.3 is 14.6 Å². The van der Waals surface area contributed by atoms with Crippen LogP contribution in [0.25, 0.3) is 0 Å². The Labute approximate surface area is 195 Å². The summed E-state index contributed by atoms with van der Waals surface area (Å²) in [6, 6.07) is 20.4. The van der Waals surface area contributed by atoms with Crippen LogP contribution < -0.4 is 0 Å². The van der Waals surface area contributed by atoms with E-state index >= 15 is 0 Å². The topological polar surface area (TPSA) is 38.7 Å². The average molecular weight is 520 g/mol. The van der Waals surface area contributed by atoms with E-state index in [9.17, 15) is 5.11 Å². The number of benzene rings is 2. The quantitative estimate of drug-likeness (QED) is 0.166. The minimum atomic E-state index is -0.506. The highest BCUT2D eigenvalue weighted by Gasteiger charge is 2.14. The van der Waals surface area contributed by atoms with E-state index in [2.05, 4.69) is 53.4 Å². The van der Waals surface area contributed by atoms with Gasteiger partial charge in [-0.15, -0.1) is 6.58 Å². The van der Waals surface area contributed by atoms with Gasteiger partial charge in [-0.25, -0.2) is 0 Å². The molecule has 0 bridgehead atoms. The van der Waals surface area contributed by atoms with Crippen LogP contribution in [0.2, 0.25) is 0 Å². The lowest BCUT2D eigenvalue weighted by atomic mass is 9.96. The molecule has 0 saturated carbocycles. The first-order valence-corrected chi connectivity index (χ1v) is 11.7. The molecule has 162 valence electrons. The van der Waals surface area contributed by atoms with Gasteiger partial charge in [0.25, 0.3) is 0 Å². The minimum absolute atomic E-state index is 0.0458. The van der Waals surface area contributed by atoms with Gasteiger partial charge in [0.1, 0.15) is 0 Å². The first-order chi connectivity index (χ1) is 14.7. The molecule has 1 N–H and O–H groups in total. The Hall–Kier alpha value is -1.47. The summed E-state index contributed by atoms with van der Waals surface area (Å²) < 4.78 is 12.6. The van der Waals surface area contributed by atoms with Crippen molar-refractivity contribution in [3.63, 3.8) is 0 Å². The number of halogens is 1. The van der Waals surface area contributed by atoms with Crippen molar-refractivity contribution in [3.05, 3.63) is 94.1 Å². The molecule has 0 aromatic heterocycles. The second-order valence-corrected chi connectivity index (χ2v) is 8.71. The molecular formula is C26H33IO3. The maximum Gasteiger partial charge on any atom is 0.0793 e. The molecule has 0 aliphatic rings. The first kappa shape index (κ1) is 24.8. The fourth-order valence-electron chi connectivity index (χ4n) is 3.11. The summed E-state index contributed by atoms with van der Waals surface area (Å²) in [4.78, 5) is 0. The van der Waals surface area contributed by atoms with Crippen LogP contribution in [0.4, 0.5) is 0 Å². The van der Waals surface area contributed by atoms with Crippen LogP contribution >= 0.6 is 22.6 Å². The van der Waals surface area contributed by atoms with Gasteiger partial charge in [0, 0.05) is 19.1 Å². The molecule has 0 radical (unpaired) electrons. The molecule has 0 saturated heterocycles. The summed E-state index contributed by atoms with van der Waals surface area (Å²) in [6.07, 6.45) is 6.92. The summed E-state index contributed by atoms with van der Waals surface area (Å²) in [6.45, 7) is 6.58. The molecule has 0 aliphatic carbocycles. The van der Waals surface area contributed by atoms with Crippen LogP contribution in [0, 0.1) is 5.92 Å². The van der Waals surface area contributed by atoms with Crippen molar-refractivity contribution in [3.8, 4) is 0 Å². The lowest BCUT2D eigenvalue weighted by Gasteiger charge is -2.17. The van der Waals surface area contributed by atoms with Crippen LogP contribution in [-0.4, -0.2) is 24.4 Å². The SMILES string of the molecule is C=C[C@H](CCCOCc1ccccc1)[C@H](O)/C=C(\I)CCCOCc1ccccc1. The maximum absolute atomic E-state index is 10.5. The van der Waals surface area contributed by atoms with Crippen LogP contribution in [0.5, 0.6) is 0 Å². The predicted molar refractivity (Wildman–Crippen MR) is 132 cm³/mol. The number of rotatable bonds is 15. The van der Waals surface area contributed by atoms with E-state index in [1.807, 2.05) is 48.6 Å². The molecule has 0 aliphatic heterocycles. The third-order valence-corrected chi connectivity index (χ3v) is 5.75. The van der Waals surface area contributed by atoms with Crippen LogP contribution in [0.15, 0.2) is 83.0 Å². The summed E-state index contributed by atoms with van der Waals surface area (Å²) in [5, 5.41) is 10.5. The largest absolute Gasteiger partial charge is 0.388 e. The van der Waals surface area contributed by atoms with Crippen molar-refractivity contribution in [2.24, 2.45) is 5.92 Å². The Kier molecular flexibility index (Phi) is 12.7. The smallest absolute Gasteiger partial charge is 0.0793 e. The molecule has 0 amide bonds. The van der Waals surface area contributed by atoms with E-state index < -0.39 is 6.10 Å². The zero-order chi connectivity index (χ0) is 21.4. The summed E-state index contributed by atoms with van der Waals surface area (Å²) in [7, 11) is 0. The third kappa shape index (κ3) is 10.5. The molecule has 3 nitrogen and oxygen atoms in total. The minimum Gasteiger partial charge on any atom is -0.388 e. The van der Waals surface area contributed by atoms with Crippen molar-refractivity contribution in [2.45, 2.75) is 45.0 Å². The molecule has 2 aromatic carbocycles. The van der Waals surface area contributed by atoms with Gasteiger partial charge in [0.15, 0.2) is 0 Å². The molecule has 2 atom stereocenters. The molecule has 0 unspecified atom stereocenters. The molecule has 0 spiro atoms. The Morgan fingerprint density at radius 2 is 1.43 bits per heavy atom. The zero-order valence-corrected chi connectivity index (χ0v) is 19.7. The lowest BCUT2D eigenvalue weighted by molar-refractivity contribution is 0.106. The van der Waals surface area contributed by atoms with Crippen molar-refractivity contribution >= 4 is 22.6 Å². The number of allylic oxidation sites excluding steroid dienone is 1. The molecule has 0 fully saturated rings. The fourth-order valence-corrected chi connectivity index (χ4v) is 3.86. The van der Waals surface area contributed by atoms with Gasteiger partial charge in [0.2, 0.25) is 0 Å². The van der Waals surface area contributed by atoms with E-state index in [0.717, 1.165) is 35.9 Å². The summed E-state index contributed by atoms with van der Waals surface area (Å²) in [5.41, 5.74) is 2.38. The number of hydrogen-bond donors (Lipinski definition) is 1. The van der Waals surface area contributed by atoms with Gasteiger partial charge >= 0.3 is 0 Å². The van der Waals surface area contributed by atoms with Gasteiger partial charge in [-0.3, -0.25) is 0 Å². The Morgan fingerprint density at radius 1 is 0.900 bits per heavy atom. The zero-order valence-electron chi connectivity index (χ0n) is 17.6. The highest BCUT2D eigenvalue weighted by molar-refractivity contribution is 14.1. The maximum atomic E-state index is 10.5. The Balaban J connectivity index is 1.59. The van der Waals surface area contributed by atoms with Gasteiger partial charge in [-0.2, -0.15) is 0 Å². The van der Waals surface area contributed by atoms with E-state index in [4.69, 9.17) is 9.47 Å². The predicted octanol–water partition coefficient (Wildman–Crippen LogP) is 6.46. The van der Waals surface area contributed by atoms with E-state index in [1.165, 1.54) is 11.1 Å². The van der Waals surface area contributed by atoms with E-state index in [0.29, 0.717) is 19.8 Å². The standard InChI is InChI=1S/C26H33IO3/c1-2-24(15-9-17-29-20-22-11-5-3-6-12-22)26(28)19-25(27)16-10-18-30-21-23-13-7-4-8-14-23/h2-8,11-14,19,24,26,28H,1,9-10,15-18,20-21H2/b25-19-/t24-,26-/m1/s1. The van der Waals surface area contributed by atoms with E-state index in [1.54, 1.807) is 0 Å². The second kappa shape index (κ2) is 15.3. The Morgan fingerprint density at radius 3 is 1.97 bits per heavy atom. The molecule has 0 heterocycles. The first-order valence-electron chi connectivity index (χ1n) is 10.6. The number of aliphatic hydroxyl groups excluding tert-OH is 1. The number of hydrogen-bond acceptors (Lipinski definition) is 3. The van der Waals surface area contributed by atoms with E-state index in [-0.39, 0.29) is 5.92 Å². The lowest BCUT2D eigenvalue weighted by Crippen LogP contribution is -2.17. The van der Waals surface area contributed by atoms with Crippen molar-refractivity contribution in [1.82, 2.24) is 0 Å². The molecule has 2 rings (SSSR count).